The topological polar surface area (TPSA) is 55.2 Å². The minimum atomic E-state index is -0.279. The number of halogens is 1. The molecule has 0 N–H and O–H groups in total. The highest BCUT2D eigenvalue weighted by Crippen LogP contribution is 2.35. The van der Waals surface area contributed by atoms with E-state index in [1.165, 1.54) is 4.90 Å². The van der Waals surface area contributed by atoms with E-state index in [9.17, 15) is 9.59 Å². The Hall–Kier alpha value is -2.65. The molecular formula is C22H14IN3O2S. The Balaban J connectivity index is 1.47. The van der Waals surface area contributed by atoms with Gasteiger partial charge in [0.1, 0.15) is 3.70 Å². The van der Waals surface area contributed by atoms with Crippen molar-refractivity contribution in [2.24, 2.45) is 7.05 Å². The molecule has 0 saturated heterocycles. The summed E-state index contributed by atoms with van der Waals surface area (Å²) in [6.45, 7) is 0. The van der Waals surface area contributed by atoms with Crippen molar-refractivity contribution >= 4 is 62.8 Å². The predicted molar refractivity (Wildman–Crippen MR) is 122 cm³/mol. The molecule has 0 spiro atoms. The average Bonchev–Trinajstić information content (AvgIpc) is 3.15. The number of imide groups is 1. The van der Waals surface area contributed by atoms with E-state index < -0.39 is 0 Å². The number of amides is 2. The summed E-state index contributed by atoms with van der Waals surface area (Å²) in [5.41, 5.74) is 2.55. The number of rotatable bonds is 3. The van der Waals surface area contributed by atoms with Gasteiger partial charge in [-0.15, -0.1) is 0 Å². The summed E-state index contributed by atoms with van der Waals surface area (Å²) in [5, 5.41) is 5.58. The summed E-state index contributed by atoms with van der Waals surface area (Å²) in [6.07, 6.45) is 0. The second kappa shape index (κ2) is 7.00. The van der Waals surface area contributed by atoms with Gasteiger partial charge in [-0.25, -0.2) is 4.90 Å². The monoisotopic (exact) mass is 511 g/mol. The average molecular weight is 511 g/mol. The van der Waals surface area contributed by atoms with Crippen LogP contribution in [-0.2, 0) is 7.05 Å². The molecule has 3 aromatic carbocycles. The number of carbonyl (C=O) groups excluding carboxylic acids is 2. The van der Waals surface area contributed by atoms with Crippen LogP contribution in [0.3, 0.4) is 0 Å². The fraction of sp³-hybridized carbons (Fsp3) is 0.0455. The zero-order chi connectivity index (χ0) is 20.1. The molecule has 1 aromatic heterocycles. The van der Waals surface area contributed by atoms with E-state index in [2.05, 4.69) is 45.9 Å². The van der Waals surface area contributed by atoms with E-state index in [1.54, 1.807) is 42.1 Å². The van der Waals surface area contributed by atoms with E-state index >= 15 is 0 Å². The molecule has 1 aliphatic rings. The third kappa shape index (κ3) is 3.05. The maximum atomic E-state index is 12.8. The maximum Gasteiger partial charge on any atom is 0.266 e. The third-order valence-electron chi connectivity index (χ3n) is 4.88. The van der Waals surface area contributed by atoms with Crippen LogP contribution in [-0.4, -0.2) is 21.6 Å². The van der Waals surface area contributed by atoms with Gasteiger partial charge in [-0.3, -0.25) is 14.3 Å². The number of aryl methyl sites for hydroxylation is 1. The molecule has 1 aliphatic heterocycles. The van der Waals surface area contributed by atoms with Crippen molar-refractivity contribution in [3.8, 4) is 0 Å². The van der Waals surface area contributed by atoms with Crippen molar-refractivity contribution in [2.75, 3.05) is 4.90 Å². The second-order valence-electron chi connectivity index (χ2n) is 6.68. The maximum absolute atomic E-state index is 12.8. The molecule has 2 heterocycles. The Bertz CT molecular complexity index is 1280. The van der Waals surface area contributed by atoms with Gasteiger partial charge in [-0.2, -0.15) is 5.10 Å². The Morgan fingerprint density at radius 3 is 2.28 bits per heavy atom. The van der Waals surface area contributed by atoms with Crippen molar-refractivity contribution in [1.82, 2.24) is 9.78 Å². The summed E-state index contributed by atoms with van der Waals surface area (Å²) in [5.74, 6) is -0.558. The van der Waals surface area contributed by atoms with Crippen LogP contribution in [0.1, 0.15) is 20.7 Å². The van der Waals surface area contributed by atoms with Crippen LogP contribution >= 0.6 is 34.4 Å². The molecule has 0 atom stereocenters. The van der Waals surface area contributed by atoms with Crippen molar-refractivity contribution in [1.29, 1.82) is 0 Å². The number of carbonyl (C=O) groups is 2. The highest BCUT2D eigenvalue weighted by molar-refractivity contribution is 14.1. The molecule has 142 valence electrons. The van der Waals surface area contributed by atoms with Gasteiger partial charge in [0, 0.05) is 22.2 Å². The number of hydrogen-bond acceptors (Lipinski definition) is 4. The quantitative estimate of drug-likeness (QED) is 0.283. The highest BCUT2D eigenvalue weighted by atomic mass is 127. The second-order valence-corrected chi connectivity index (χ2v) is 8.85. The lowest BCUT2D eigenvalue weighted by atomic mass is 10.1. The van der Waals surface area contributed by atoms with Crippen LogP contribution in [0, 0.1) is 3.70 Å². The summed E-state index contributed by atoms with van der Waals surface area (Å²) in [7, 11) is 1.93. The van der Waals surface area contributed by atoms with E-state index in [0.29, 0.717) is 16.8 Å². The van der Waals surface area contributed by atoms with E-state index in [1.807, 2.05) is 29.9 Å². The first-order valence-electron chi connectivity index (χ1n) is 8.91. The number of hydrogen-bond donors (Lipinski definition) is 0. The first-order valence-corrected chi connectivity index (χ1v) is 10.8. The zero-order valence-corrected chi connectivity index (χ0v) is 18.3. The van der Waals surface area contributed by atoms with Gasteiger partial charge < -0.3 is 0 Å². The molecule has 4 aromatic rings. The Morgan fingerprint density at radius 1 is 0.862 bits per heavy atom. The molecule has 0 bridgehead atoms. The molecule has 0 saturated carbocycles. The summed E-state index contributed by atoms with van der Waals surface area (Å²) in [4.78, 5) is 28.8. The third-order valence-corrected chi connectivity index (χ3v) is 6.66. The molecule has 0 aliphatic carbocycles. The normalized spacial score (nSPS) is 13.4. The van der Waals surface area contributed by atoms with Crippen molar-refractivity contribution < 1.29 is 9.59 Å². The highest BCUT2D eigenvalue weighted by Gasteiger charge is 2.36. The van der Waals surface area contributed by atoms with Crippen LogP contribution in [0.15, 0.2) is 76.5 Å². The Morgan fingerprint density at radius 2 is 1.55 bits per heavy atom. The van der Waals surface area contributed by atoms with Crippen molar-refractivity contribution in [3.63, 3.8) is 0 Å². The first kappa shape index (κ1) is 18.4. The number of aromatic nitrogens is 2. The van der Waals surface area contributed by atoms with Gasteiger partial charge >= 0.3 is 0 Å². The molecular weight excluding hydrogens is 497 g/mol. The van der Waals surface area contributed by atoms with Gasteiger partial charge in [0.15, 0.2) is 0 Å². The summed E-state index contributed by atoms with van der Waals surface area (Å²) < 4.78 is 2.85. The number of anilines is 1. The van der Waals surface area contributed by atoms with Crippen LogP contribution in [0.4, 0.5) is 5.69 Å². The van der Waals surface area contributed by atoms with Crippen molar-refractivity contribution in [2.45, 2.75) is 9.79 Å². The van der Waals surface area contributed by atoms with Crippen LogP contribution in [0.2, 0.25) is 0 Å². The van der Waals surface area contributed by atoms with E-state index in [0.717, 1.165) is 24.4 Å². The fourth-order valence-electron chi connectivity index (χ4n) is 3.50. The molecule has 2 amide bonds. The van der Waals surface area contributed by atoms with Crippen LogP contribution in [0.5, 0.6) is 0 Å². The number of fused-ring (bicyclic) bond motifs is 2. The molecule has 5 nitrogen and oxygen atoms in total. The lowest BCUT2D eigenvalue weighted by Gasteiger charge is -2.15. The Kier molecular flexibility index (Phi) is 4.44. The van der Waals surface area contributed by atoms with E-state index in [4.69, 9.17) is 0 Å². The standard InChI is InChI=1S/C22H14IN3O2S/c1-25-19-12-15(9-10-18(19)20(23)24-25)29-14-6-4-5-13(11-14)26-21(27)16-7-2-3-8-17(16)22(26)28/h2-12H,1H3. The summed E-state index contributed by atoms with van der Waals surface area (Å²) >= 11 is 3.82. The zero-order valence-electron chi connectivity index (χ0n) is 15.3. The van der Waals surface area contributed by atoms with Crippen molar-refractivity contribution in [3.05, 3.63) is 81.6 Å². The lowest BCUT2D eigenvalue weighted by Crippen LogP contribution is -2.29. The van der Waals surface area contributed by atoms with Crippen LogP contribution < -0.4 is 4.90 Å². The van der Waals surface area contributed by atoms with Gasteiger partial charge in [0.2, 0.25) is 0 Å². The SMILES string of the molecule is Cn1nc(I)c2ccc(Sc3cccc(N4C(=O)c5ccccc5C4=O)c3)cc21. The molecule has 29 heavy (non-hydrogen) atoms. The van der Waals surface area contributed by atoms with E-state index in [-0.39, 0.29) is 11.8 Å². The first-order chi connectivity index (χ1) is 14.0. The predicted octanol–water partition coefficient (Wildman–Crippen LogP) is 5.13. The minimum absolute atomic E-state index is 0.279. The molecule has 7 heteroatoms. The molecule has 0 fully saturated rings. The lowest BCUT2D eigenvalue weighted by molar-refractivity contribution is 0.0926. The Labute approximate surface area is 184 Å². The van der Waals surface area contributed by atoms with Crippen LogP contribution in [0.25, 0.3) is 10.9 Å². The van der Waals surface area contributed by atoms with Gasteiger partial charge in [-0.1, -0.05) is 30.0 Å². The summed E-state index contributed by atoms with van der Waals surface area (Å²) in [6, 6.07) is 20.7. The number of nitrogens with zero attached hydrogens (tertiary/aromatic N) is 3. The van der Waals surface area contributed by atoms with Gasteiger partial charge in [0.05, 0.1) is 22.3 Å². The largest absolute Gasteiger partial charge is 0.268 e. The smallest absolute Gasteiger partial charge is 0.266 e. The van der Waals surface area contributed by atoms with Gasteiger partial charge in [0.25, 0.3) is 11.8 Å². The molecule has 0 unspecified atom stereocenters. The number of benzene rings is 3. The minimum Gasteiger partial charge on any atom is -0.268 e. The molecule has 0 radical (unpaired) electrons. The van der Waals surface area contributed by atoms with Gasteiger partial charge in [-0.05, 0) is 71.1 Å². The molecule has 5 rings (SSSR count). The fourth-order valence-corrected chi connectivity index (χ4v) is 5.19.